The number of benzene rings is 1. The van der Waals surface area contributed by atoms with Crippen molar-refractivity contribution in [2.24, 2.45) is 5.92 Å². The number of piperidine rings is 1. The monoisotopic (exact) mass is 391 g/mol. The molecule has 1 aromatic carbocycles. The van der Waals surface area contributed by atoms with Crippen LogP contribution in [0.2, 0.25) is 0 Å². The van der Waals surface area contributed by atoms with E-state index in [4.69, 9.17) is 22.1 Å². The number of aromatic nitrogens is 2. The lowest BCUT2D eigenvalue weighted by Crippen LogP contribution is -3.17. The largest absolute Gasteiger partial charge is 0.495 e. The minimum Gasteiger partial charge on any atom is -0.495 e. The van der Waals surface area contributed by atoms with E-state index >= 15 is 0 Å². The maximum atomic E-state index is 5.60. The van der Waals surface area contributed by atoms with Gasteiger partial charge < -0.3 is 15.0 Å². The van der Waals surface area contributed by atoms with Gasteiger partial charge in [0.25, 0.3) is 0 Å². The average molecular weight is 392 g/mol. The number of methoxy groups -OCH3 is 1. The predicted octanol–water partition coefficient (Wildman–Crippen LogP) is 3.62. The molecule has 1 aliphatic heterocycles. The molecule has 140 valence electrons. The first-order valence-electron chi connectivity index (χ1n) is 9.57. The Kier molecular flexibility index (Phi) is 5.57. The van der Waals surface area contributed by atoms with Crippen molar-refractivity contribution >= 4 is 34.4 Å². The van der Waals surface area contributed by atoms with Crippen molar-refractivity contribution in [3.05, 3.63) is 28.2 Å². The highest BCUT2D eigenvalue weighted by Crippen LogP contribution is 2.29. The number of ether oxygens (including phenoxy) is 1. The maximum absolute atomic E-state index is 5.60. The molecule has 1 saturated carbocycles. The number of hydrogen-bond acceptors (Lipinski definition) is 5. The number of para-hydroxylation sites is 2. The first-order valence-corrected chi connectivity index (χ1v) is 10.8. The van der Waals surface area contributed by atoms with Crippen LogP contribution in [0.1, 0.15) is 38.5 Å². The van der Waals surface area contributed by atoms with Gasteiger partial charge in [-0.15, -0.1) is 5.10 Å². The van der Waals surface area contributed by atoms with E-state index in [2.05, 4.69) is 5.32 Å². The fourth-order valence-electron chi connectivity index (χ4n) is 4.58. The Morgan fingerprint density at radius 1 is 1.27 bits per heavy atom. The van der Waals surface area contributed by atoms with E-state index in [9.17, 15) is 0 Å². The van der Waals surface area contributed by atoms with Crippen molar-refractivity contribution < 1.29 is 9.64 Å². The van der Waals surface area contributed by atoms with Gasteiger partial charge in [0.15, 0.2) is 10.6 Å². The van der Waals surface area contributed by atoms with Gasteiger partial charge in [-0.2, -0.15) is 4.68 Å². The van der Waals surface area contributed by atoms with Crippen molar-refractivity contribution in [2.75, 3.05) is 19.0 Å². The molecule has 0 bridgehead atoms. The van der Waals surface area contributed by atoms with Crippen molar-refractivity contribution in [3.63, 3.8) is 0 Å². The van der Waals surface area contributed by atoms with Crippen molar-refractivity contribution in [1.82, 2.24) is 9.78 Å². The van der Waals surface area contributed by atoms with Crippen LogP contribution in [0.3, 0.4) is 0 Å². The van der Waals surface area contributed by atoms with E-state index in [0.29, 0.717) is 0 Å². The highest BCUT2D eigenvalue weighted by atomic mass is 32.1. The van der Waals surface area contributed by atoms with Crippen LogP contribution in [0.25, 0.3) is 0 Å². The summed E-state index contributed by atoms with van der Waals surface area (Å²) in [5.41, 5.74) is 0.920. The number of hydrogen-bond donors (Lipinski definition) is 2. The Bertz CT molecular complexity index is 801. The third-order valence-electron chi connectivity index (χ3n) is 5.81. The zero-order valence-corrected chi connectivity index (χ0v) is 16.9. The Balaban J connectivity index is 1.49. The second kappa shape index (κ2) is 8.06. The number of rotatable bonds is 5. The van der Waals surface area contributed by atoms with Gasteiger partial charge in [-0.25, -0.2) is 0 Å². The lowest BCUT2D eigenvalue weighted by molar-refractivity contribution is -0.958. The van der Waals surface area contributed by atoms with Crippen LogP contribution >= 0.6 is 23.6 Å². The summed E-state index contributed by atoms with van der Waals surface area (Å²) in [6.45, 7) is 2.14. The number of anilines is 2. The fourth-order valence-corrected chi connectivity index (χ4v) is 5.59. The minimum atomic E-state index is 0.798. The molecule has 5 nitrogen and oxygen atoms in total. The molecule has 1 aromatic heterocycles. The van der Waals surface area contributed by atoms with Crippen LogP contribution in [0, 0.1) is 9.87 Å². The summed E-state index contributed by atoms with van der Waals surface area (Å²) in [5, 5.41) is 8.95. The molecule has 0 amide bonds. The van der Waals surface area contributed by atoms with Gasteiger partial charge in [-0.05, 0) is 56.5 Å². The van der Waals surface area contributed by atoms with E-state index in [1.54, 1.807) is 12.0 Å². The van der Waals surface area contributed by atoms with Gasteiger partial charge in [0.1, 0.15) is 5.75 Å². The van der Waals surface area contributed by atoms with Crippen molar-refractivity contribution in [2.45, 2.75) is 51.2 Å². The van der Waals surface area contributed by atoms with Gasteiger partial charge in [-0.3, -0.25) is 0 Å². The molecule has 0 spiro atoms. The highest BCUT2D eigenvalue weighted by molar-refractivity contribution is 7.73. The number of likely N-dealkylation sites (tertiary alicyclic amines) is 1. The highest BCUT2D eigenvalue weighted by Gasteiger charge is 2.36. The lowest BCUT2D eigenvalue weighted by atomic mass is 9.78. The summed E-state index contributed by atoms with van der Waals surface area (Å²) in [5.74, 6) is 1.72. The summed E-state index contributed by atoms with van der Waals surface area (Å²) in [7, 11) is 1.68. The molecular formula is C19H27N4OS2+. The zero-order chi connectivity index (χ0) is 17.9. The predicted molar refractivity (Wildman–Crippen MR) is 108 cm³/mol. The van der Waals surface area contributed by atoms with Crippen molar-refractivity contribution in [3.8, 4) is 5.75 Å². The quantitative estimate of drug-likeness (QED) is 0.764. The summed E-state index contributed by atoms with van der Waals surface area (Å²) in [4.78, 5) is 1.67. The second-order valence-electron chi connectivity index (χ2n) is 7.36. The molecule has 4 rings (SSSR count). The number of fused-ring (bicyclic) bond motifs is 1. The third-order valence-corrected chi connectivity index (χ3v) is 7.04. The van der Waals surface area contributed by atoms with Gasteiger partial charge >= 0.3 is 0 Å². The number of nitrogens with one attached hydrogen (secondary N) is 2. The Labute approximate surface area is 164 Å². The van der Waals surface area contributed by atoms with Crippen LogP contribution in [-0.2, 0) is 6.67 Å². The molecule has 2 aliphatic rings. The molecule has 1 aliphatic carbocycles. The summed E-state index contributed by atoms with van der Waals surface area (Å²) in [6.07, 6.45) is 8.32. The van der Waals surface area contributed by atoms with E-state index in [0.717, 1.165) is 39.2 Å². The average Bonchev–Trinajstić information content (AvgIpc) is 3.01. The van der Waals surface area contributed by atoms with Crippen LogP contribution < -0.4 is 15.0 Å². The molecule has 2 aromatic rings. The zero-order valence-electron chi connectivity index (χ0n) is 15.2. The van der Waals surface area contributed by atoms with E-state index in [1.165, 1.54) is 56.4 Å². The fraction of sp³-hybridized carbons (Fsp3) is 0.579. The third kappa shape index (κ3) is 3.80. The summed E-state index contributed by atoms with van der Waals surface area (Å²) in [6, 6.07) is 8.69. The second-order valence-corrected chi connectivity index (χ2v) is 8.98. The molecule has 0 radical (unpaired) electrons. The normalized spacial score (nSPS) is 25.5. The SMILES string of the molecule is COc1ccccc1Nc1nn(C[NH+]2CCC[C@@H]3CCCC[C@@H]32)c(=S)s1. The Morgan fingerprint density at radius 3 is 2.96 bits per heavy atom. The van der Waals surface area contributed by atoms with Gasteiger partial charge in [0.2, 0.25) is 5.13 Å². The molecular weight excluding hydrogens is 364 g/mol. The van der Waals surface area contributed by atoms with Crippen LogP contribution in [0.5, 0.6) is 5.75 Å². The standard InChI is InChI=1S/C19H26N4OS2/c1-24-17-11-5-3-9-15(17)20-18-21-23(19(25)26-18)13-22-12-6-8-14-7-2-4-10-16(14)22/h3,5,9,11,14,16H,2,4,6-8,10,12-13H2,1H3,(H,20,21)/p+1/t14-,16-/m0/s1. The molecule has 2 N–H and O–H groups in total. The van der Waals surface area contributed by atoms with Gasteiger partial charge in [0, 0.05) is 5.92 Å². The molecule has 1 unspecified atom stereocenters. The molecule has 2 heterocycles. The Hall–Kier alpha value is -1.44. The Morgan fingerprint density at radius 2 is 2.08 bits per heavy atom. The smallest absolute Gasteiger partial charge is 0.209 e. The van der Waals surface area contributed by atoms with Crippen LogP contribution in [0.4, 0.5) is 10.8 Å². The van der Waals surface area contributed by atoms with Crippen molar-refractivity contribution in [1.29, 1.82) is 0 Å². The first-order chi connectivity index (χ1) is 12.7. The maximum Gasteiger partial charge on any atom is 0.209 e. The van der Waals surface area contributed by atoms with E-state index in [1.807, 2.05) is 28.9 Å². The molecule has 26 heavy (non-hydrogen) atoms. The summed E-state index contributed by atoms with van der Waals surface area (Å²) >= 11 is 7.13. The van der Waals surface area contributed by atoms with Crippen LogP contribution in [0.15, 0.2) is 24.3 Å². The lowest BCUT2D eigenvalue weighted by Gasteiger charge is -2.40. The summed E-state index contributed by atoms with van der Waals surface area (Å²) < 4.78 is 8.27. The number of quaternary nitrogens is 1. The van der Waals surface area contributed by atoms with E-state index < -0.39 is 0 Å². The topological polar surface area (TPSA) is 43.5 Å². The van der Waals surface area contributed by atoms with Crippen LogP contribution in [-0.4, -0.2) is 29.5 Å². The molecule has 3 atom stereocenters. The van der Waals surface area contributed by atoms with Gasteiger partial charge in [-0.1, -0.05) is 29.9 Å². The molecule has 1 saturated heterocycles. The van der Waals surface area contributed by atoms with E-state index in [-0.39, 0.29) is 0 Å². The molecule has 7 heteroatoms. The minimum absolute atomic E-state index is 0.798. The molecule has 2 fully saturated rings. The van der Waals surface area contributed by atoms with Gasteiger partial charge in [0.05, 0.1) is 25.4 Å². The number of nitrogens with zero attached hydrogens (tertiary/aromatic N) is 2. The first kappa shape index (κ1) is 17.9.